The van der Waals surface area contributed by atoms with Crippen molar-refractivity contribution in [1.82, 2.24) is 9.78 Å². The average Bonchev–Trinajstić information content (AvgIpc) is 3.06. The first-order chi connectivity index (χ1) is 8.16. The molecule has 1 heterocycles. The molecule has 0 saturated heterocycles. The summed E-state index contributed by atoms with van der Waals surface area (Å²) in [5.74, 6) is 0.697. The number of aromatic nitrogens is 2. The van der Waals surface area contributed by atoms with Gasteiger partial charge in [0.15, 0.2) is 0 Å². The predicted molar refractivity (Wildman–Crippen MR) is 76.0 cm³/mol. The maximum Gasteiger partial charge on any atom is 0.107 e. The van der Waals surface area contributed by atoms with Gasteiger partial charge in [-0.15, -0.1) is 0 Å². The monoisotopic (exact) mass is 354 g/mol. The van der Waals surface area contributed by atoms with Gasteiger partial charge in [0.05, 0.1) is 10.2 Å². The minimum absolute atomic E-state index is 0.697. The molecule has 0 amide bonds. The maximum atomic E-state index is 4.63. The van der Waals surface area contributed by atoms with E-state index in [0.717, 1.165) is 20.2 Å². The van der Waals surface area contributed by atoms with Gasteiger partial charge in [-0.25, -0.2) is 0 Å². The first-order valence-corrected chi connectivity index (χ1v) is 7.23. The van der Waals surface area contributed by atoms with Crippen LogP contribution in [0.2, 0.25) is 0 Å². The number of hydrogen-bond acceptors (Lipinski definition) is 1. The summed E-state index contributed by atoms with van der Waals surface area (Å²) in [6.45, 7) is 0. The molecule has 88 valence electrons. The molecule has 0 atom stereocenters. The van der Waals surface area contributed by atoms with Crippen LogP contribution in [0.5, 0.6) is 0 Å². The van der Waals surface area contributed by atoms with Gasteiger partial charge in [-0.2, -0.15) is 5.10 Å². The molecule has 0 radical (unpaired) electrons. The van der Waals surface area contributed by atoms with Gasteiger partial charge >= 0.3 is 0 Å². The smallest absolute Gasteiger partial charge is 0.107 e. The highest BCUT2D eigenvalue weighted by molar-refractivity contribution is 9.11. The van der Waals surface area contributed by atoms with Crippen molar-refractivity contribution in [3.63, 3.8) is 0 Å². The zero-order valence-electron chi connectivity index (χ0n) is 9.45. The Bertz CT molecular complexity index is 571. The van der Waals surface area contributed by atoms with E-state index in [0.29, 0.717) is 5.92 Å². The summed E-state index contributed by atoms with van der Waals surface area (Å²) >= 11 is 7.21. The molecule has 1 aliphatic carbocycles. The van der Waals surface area contributed by atoms with E-state index in [1.807, 2.05) is 23.9 Å². The Balaban J connectivity index is 2.12. The van der Waals surface area contributed by atoms with Crippen LogP contribution in [0, 0.1) is 0 Å². The van der Waals surface area contributed by atoms with Crippen molar-refractivity contribution < 1.29 is 0 Å². The van der Waals surface area contributed by atoms with Crippen molar-refractivity contribution in [2.75, 3.05) is 0 Å². The van der Waals surface area contributed by atoms with Gasteiger partial charge in [-0.05, 0) is 40.9 Å². The molecule has 0 unspecified atom stereocenters. The predicted octanol–water partition coefficient (Wildman–Crippen LogP) is 4.49. The van der Waals surface area contributed by atoms with Gasteiger partial charge in [-0.3, -0.25) is 4.68 Å². The molecule has 0 spiro atoms. The standard InChI is InChI=1S/C13H12Br2N2/c1-17-13(8-5-6-8)11(15)12(16-17)9-3-2-4-10(14)7-9/h2-4,7-8H,5-6H2,1H3. The maximum absolute atomic E-state index is 4.63. The van der Waals surface area contributed by atoms with Gasteiger partial charge in [0, 0.05) is 23.0 Å². The molecule has 1 fully saturated rings. The van der Waals surface area contributed by atoms with Crippen LogP contribution in [0.15, 0.2) is 33.2 Å². The van der Waals surface area contributed by atoms with Gasteiger partial charge in [0.25, 0.3) is 0 Å². The lowest BCUT2D eigenvalue weighted by molar-refractivity contribution is 0.714. The topological polar surface area (TPSA) is 17.8 Å². The van der Waals surface area contributed by atoms with Crippen LogP contribution < -0.4 is 0 Å². The van der Waals surface area contributed by atoms with Gasteiger partial charge in [-0.1, -0.05) is 28.1 Å². The van der Waals surface area contributed by atoms with Gasteiger partial charge in [0.2, 0.25) is 0 Å². The summed E-state index contributed by atoms with van der Waals surface area (Å²) in [5.41, 5.74) is 3.52. The van der Waals surface area contributed by atoms with Crippen molar-refractivity contribution in [3.05, 3.63) is 38.9 Å². The van der Waals surface area contributed by atoms with Crippen LogP contribution in [-0.2, 0) is 7.05 Å². The van der Waals surface area contributed by atoms with Crippen LogP contribution in [0.25, 0.3) is 11.3 Å². The van der Waals surface area contributed by atoms with Crippen LogP contribution in [0.3, 0.4) is 0 Å². The second kappa shape index (κ2) is 4.25. The van der Waals surface area contributed by atoms with E-state index in [9.17, 15) is 0 Å². The highest BCUT2D eigenvalue weighted by atomic mass is 79.9. The lowest BCUT2D eigenvalue weighted by Crippen LogP contribution is -1.96. The van der Waals surface area contributed by atoms with Crippen molar-refractivity contribution in [3.8, 4) is 11.3 Å². The van der Waals surface area contributed by atoms with Crippen LogP contribution in [-0.4, -0.2) is 9.78 Å². The Morgan fingerprint density at radius 1 is 1.29 bits per heavy atom. The Hall–Kier alpha value is -0.610. The third-order valence-corrected chi connectivity index (χ3v) is 4.37. The molecule has 0 N–H and O–H groups in total. The second-order valence-corrected chi connectivity index (χ2v) is 6.16. The normalized spacial score (nSPS) is 15.2. The van der Waals surface area contributed by atoms with Crippen molar-refractivity contribution in [2.24, 2.45) is 7.05 Å². The third kappa shape index (κ3) is 2.08. The molecule has 1 aliphatic rings. The molecule has 0 aliphatic heterocycles. The van der Waals surface area contributed by atoms with Crippen LogP contribution in [0.4, 0.5) is 0 Å². The third-order valence-electron chi connectivity index (χ3n) is 3.09. The molecule has 1 aromatic heterocycles. The number of rotatable bonds is 2. The highest BCUT2D eigenvalue weighted by Crippen LogP contribution is 2.45. The number of hydrogen-bond donors (Lipinski definition) is 0. The fraction of sp³-hybridized carbons (Fsp3) is 0.308. The van der Waals surface area contributed by atoms with Crippen LogP contribution in [0.1, 0.15) is 24.5 Å². The summed E-state index contributed by atoms with van der Waals surface area (Å²) in [5, 5.41) is 4.63. The van der Waals surface area contributed by atoms with E-state index in [1.165, 1.54) is 18.5 Å². The van der Waals surface area contributed by atoms with E-state index >= 15 is 0 Å². The van der Waals surface area contributed by atoms with E-state index < -0.39 is 0 Å². The Morgan fingerprint density at radius 3 is 2.71 bits per heavy atom. The van der Waals surface area contributed by atoms with Gasteiger partial charge < -0.3 is 0 Å². The summed E-state index contributed by atoms with van der Waals surface area (Å²) in [4.78, 5) is 0. The number of halogens is 2. The van der Waals surface area contributed by atoms with E-state index in [4.69, 9.17) is 0 Å². The second-order valence-electron chi connectivity index (χ2n) is 4.46. The molecule has 17 heavy (non-hydrogen) atoms. The fourth-order valence-corrected chi connectivity index (χ4v) is 3.42. The van der Waals surface area contributed by atoms with E-state index in [1.54, 1.807) is 0 Å². The molecule has 3 rings (SSSR count). The zero-order valence-corrected chi connectivity index (χ0v) is 12.6. The summed E-state index contributed by atoms with van der Waals surface area (Å²) in [6, 6.07) is 8.26. The largest absolute Gasteiger partial charge is 0.271 e. The number of nitrogens with zero attached hydrogens (tertiary/aromatic N) is 2. The first-order valence-electron chi connectivity index (χ1n) is 5.65. The Kier molecular flexibility index (Phi) is 2.87. The Morgan fingerprint density at radius 2 is 2.06 bits per heavy atom. The summed E-state index contributed by atoms with van der Waals surface area (Å²) in [6.07, 6.45) is 2.58. The zero-order chi connectivity index (χ0) is 12.0. The van der Waals surface area contributed by atoms with Crippen molar-refractivity contribution in [2.45, 2.75) is 18.8 Å². The summed E-state index contributed by atoms with van der Waals surface area (Å²) in [7, 11) is 2.03. The van der Waals surface area contributed by atoms with Crippen molar-refractivity contribution in [1.29, 1.82) is 0 Å². The van der Waals surface area contributed by atoms with Crippen LogP contribution >= 0.6 is 31.9 Å². The minimum Gasteiger partial charge on any atom is -0.271 e. The Labute approximate surface area is 117 Å². The quantitative estimate of drug-likeness (QED) is 0.776. The van der Waals surface area contributed by atoms with E-state index in [-0.39, 0.29) is 0 Å². The van der Waals surface area contributed by atoms with E-state index in [2.05, 4.69) is 49.1 Å². The first kappa shape index (κ1) is 11.5. The summed E-state index contributed by atoms with van der Waals surface area (Å²) < 4.78 is 4.25. The number of benzene rings is 1. The number of aryl methyl sites for hydroxylation is 1. The molecule has 4 heteroatoms. The highest BCUT2D eigenvalue weighted by Gasteiger charge is 2.30. The average molecular weight is 356 g/mol. The SMILES string of the molecule is Cn1nc(-c2cccc(Br)c2)c(Br)c1C1CC1. The molecule has 0 bridgehead atoms. The molecule has 1 aromatic carbocycles. The molecular formula is C13H12Br2N2. The lowest BCUT2D eigenvalue weighted by Gasteiger charge is -1.99. The molecule has 2 aromatic rings. The molecule has 2 nitrogen and oxygen atoms in total. The lowest BCUT2D eigenvalue weighted by atomic mass is 10.1. The minimum atomic E-state index is 0.697. The molecule has 1 saturated carbocycles. The fourth-order valence-electron chi connectivity index (χ4n) is 2.13. The van der Waals surface area contributed by atoms with Gasteiger partial charge in [0.1, 0.15) is 5.69 Å². The molecular weight excluding hydrogens is 344 g/mol. The van der Waals surface area contributed by atoms with Crippen molar-refractivity contribution >= 4 is 31.9 Å².